The summed E-state index contributed by atoms with van der Waals surface area (Å²) in [6.07, 6.45) is 0. The molecule has 0 spiro atoms. The SMILES string of the molecule is [B]c1cc(C)ccc1OCOC. The number of rotatable bonds is 3. The molecular weight excluding hydrogens is 151 g/mol. The minimum Gasteiger partial charge on any atom is -0.468 e. The van der Waals surface area contributed by atoms with Gasteiger partial charge in [0.1, 0.15) is 13.6 Å². The van der Waals surface area contributed by atoms with Gasteiger partial charge in [0, 0.05) is 7.11 Å². The van der Waals surface area contributed by atoms with E-state index < -0.39 is 0 Å². The van der Waals surface area contributed by atoms with Crippen molar-refractivity contribution in [3.63, 3.8) is 0 Å². The van der Waals surface area contributed by atoms with Crippen LogP contribution in [0.25, 0.3) is 0 Å². The van der Waals surface area contributed by atoms with Crippen LogP contribution in [0.2, 0.25) is 0 Å². The summed E-state index contributed by atoms with van der Waals surface area (Å²) in [4.78, 5) is 0. The molecule has 3 heteroatoms. The van der Waals surface area contributed by atoms with Crippen molar-refractivity contribution in [3.05, 3.63) is 23.8 Å². The minimum atomic E-state index is 0.229. The highest BCUT2D eigenvalue weighted by Gasteiger charge is 1.97. The van der Waals surface area contributed by atoms with Gasteiger partial charge in [-0.15, -0.1) is 0 Å². The minimum absolute atomic E-state index is 0.229. The van der Waals surface area contributed by atoms with Gasteiger partial charge in [-0.25, -0.2) is 0 Å². The quantitative estimate of drug-likeness (QED) is 0.482. The molecule has 0 saturated carbocycles. The maximum atomic E-state index is 5.68. The van der Waals surface area contributed by atoms with Crippen LogP contribution < -0.4 is 10.2 Å². The number of ether oxygens (including phenoxy) is 2. The Bertz CT molecular complexity index is 261. The average molecular weight is 162 g/mol. The second-order valence-electron chi connectivity index (χ2n) is 2.59. The Morgan fingerprint density at radius 3 is 2.75 bits per heavy atom. The first-order chi connectivity index (χ1) is 5.74. The van der Waals surface area contributed by atoms with Crippen LogP contribution >= 0.6 is 0 Å². The summed E-state index contributed by atoms with van der Waals surface area (Å²) in [5.74, 6) is 0.669. The third-order valence-electron chi connectivity index (χ3n) is 1.50. The first-order valence-corrected chi connectivity index (χ1v) is 3.72. The van der Waals surface area contributed by atoms with Crippen LogP contribution in [-0.4, -0.2) is 21.7 Å². The highest BCUT2D eigenvalue weighted by atomic mass is 16.7. The van der Waals surface area contributed by atoms with E-state index in [4.69, 9.17) is 17.3 Å². The van der Waals surface area contributed by atoms with Crippen LogP contribution in [-0.2, 0) is 4.74 Å². The van der Waals surface area contributed by atoms with Gasteiger partial charge in [0.25, 0.3) is 0 Å². The summed E-state index contributed by atoms with van der Waals surface area (Å²) in [7, 11) is 7.26. The summed E-state index contributed by atoms with van der Waals surface area (Å²) in [5, 5.41) is 0. The van der Waals surface area contributed by atoms with E-state index in [1.54, 1.807) is 7.11 Å². The molecule has 0 aliphatic heterocycles. The average Bonchev–Trinajstić information content (AvgIpc) is 2.03. The lowest BCUT2D eigenvalue weighted by molar-refractivity contribution is 0.0519. The topological polar surface area (TPSA) is 18.5 Å². The van der Waals surface area contributed by atoms with Gasteiger partial charge in [0.15, 0.2) is 6.79 Å². The van der Waals surface area contributed by atoms with E-state index >= 15 is 0 Å². The molecule has 2 nitrogen and oxygen atoms in total. The van der Waals surface area contributed by atoms with Crippen LogP contribution in [0, 0.1) is 6.92 Å². The molecule has 0 saturated heterocycles. The maximum absolute atomic E-state index is 5.68. The van der Waals surface area contributed by atoms with Crippen LogP contribution in [0.5, 0.6) is 5.75 Å². The Kier molecular flexibility index (Phi) is 3.17. The lowest BCUT2D eigenvalue weighted by Gasteiger charge is -2.08. The lowest BCUT2D eigenvalue weighted by atomic mass is 9.93. The summed E-state index contributed by atoms with van der Waals surface area (Å²) >= 11 is 0. The molecule has 0 aliphatic rings. The van der Waals surface area contributed by atoms with E-state index in [0.29, 0.717) is 11.2 Å². The van der Waals surface area contributed by atoms with E-state index in [-0.39, 0.29) is 6.79 Å². The van der Waals surface area contributed by atoms with Crippen LogP contribution in [0.1, 0.15) is 5.56 Å². The molecule has 0 amide bonds. The summed E-state index contributed by atoms with van der Waals surface area (Å²) in [6.45, 7) is 2.21. The van der Waals surface area contributed by atoms with Crippen molar-refractivity contribution in [2.24, 2.45) is 0 Å². The van der Waals surface area contributed by atoms with Crippen molar-refractivity contribution in [1.82, 2.24) is 0 Å². The molecule has 0 N–H and O–H groups in total. The van der Waals surface area contributed by atoms with Crippen molar-refractivity contribution < 1.29 is 9.47 Å². The Morgan fingerprint density at radius 2 is 2.17 bits per heavy atom. The third kappa shape index (κ3) is 2.27. The lowest BCUT2D eigenvalue weighted by Crippen LogP contribution is -2.11. The summed E-state index contributed by atoms with van der Waals surface area (Å²) < 4.78 is 9.95. The van der Waals surface area contributed by atoms with Crippen molar-refractivity contribution >= 4 is 13.3 Å². The third-order valence-corrected chi connectivity index (χ3v) is 1.50. The van der Waals surface area contributed by atoms with Crippen LogP contribution in [0.4, 0.5) is 0 Å². The molecule has 2 radical (unpaired) electrons. The highest BCUT2D eigenvalue weighted by Crippen LogP contribution is 2.07. The van der Waals surface area contributed by atoms with Crippen molar-refractivity contribution in [2.75, 3.05) is 13.9 Å². The van der Waals surface area contributed by atoms with E-state index in [1.807, 2.05) is 25.1 Å². The molecule has 0 unspecified atom stereocenters. The monoisotopic (exact) mass is 162 g/mol. The van der Waals surface area contributed by atoms with E-state index in [0.717, 1.165) is 5.56 Å². The predicted octanol–water partition coefficient (Wildman–Crippen LogP) is 0.772. The second kappa shape index (κ2) is 4.17. The van der Waals surface area contributed by atoms with Crippen LogP contribution in [0.15, 0.2) is 18.2 Å². The molecule has 0 fully saturated rings. The summed E-state index contributed by atoms with van der Waals surface area (Å²) in [6, 6.07) is 5.65. The van der Waals surface area contributed by atoms with Gasteiger partial charge < -0.3 is 9.47 Å². The molecule has 12 heavy (non-hydrogen) atoms. The van der Waals surface area contributed by atoms with Gasteiger partial charge in [0.2, 0.25) is 0 Å². The largest absolute Gasteiger partial charge is 0.468 e. The number of hydrogen-bond donors (Lipinski definition) is 0. The smallest absolute Gasteiger partial charge is 0.188 e. The zero-order valence-corrected chi connectivity index (χ0v) is 7.33. The van der Waals surface area contributed by atoms with Crippen LogP contribution in [0.3, 0.4) is 0 Å². The molecule has 1 aromatic rings. The fraction of sp³-hybridized carbons (Fsp3) is 0.333. The predicted molar refractivity (Wildman–Crippen MR) is 49.1 cm³/mol. The Hall–Kier alpha value is -0.955. The molecule has 0 bridgehead atoms. The fourth-order valence-corrected chi connectivity index (χ4v) is 0.922. The van der Waals surface area contributed by atoms with Gasteiger partial charge in [-0.05, 0) is 13.0 Å². The van der Waals surface area contributed by atoms with Crippen molar-refractivity contribution in [1.29, 1.82) is 0 Å². The molecule has 1 aromatic carbocycles. The van der Waals surface area contributed by atoms with Gasteiger partial charge >= 0.3 is 0 Å². The normalized spacial score (nSPS) is 9.83. The molecular formula is C9H11BO2. The first kappa shape index (κ1) is 9.14. The highest BCUT2D eigenvalue weighted by molar-refractivity contribution is 6.34. The standard InChI is InChI=1S/C9H11BO2/c1-7-3-4-9(8(10)5-7)12-6-11-2/h3-5H,6H2,1-2H3. The zero-order chi connectivity index (χ0) is 8.97. The van der Waals surface area contributed by atoms with E-state index in [9.17, 15) is 0 Å². The van der Waals surface area contributed by atoms with Gasteiger partial charge in [-0.1, -0.05) is 23.2 Å². The Balaban J connectivity index is 2.72. The Labute approximate surface area is 73.9 Å². The molecule has 0 aromatic heterocycles. The van der Waals surface area contributed by atoms with Crippen molar-refractivity contribution in [3.8, 4) is 5.75 Å². The number of hydrogen-bond acceptors (Lipinski definition) is 2. The van der Waals surface area contributed by atoms with Crippen molar-refractivity contribution in [2.45, 2.75) is 6.92 Å². The second-order valence-corrected chi connectivity index (χ2v) is 2.59. The fourth-order valence-electron chi connectivity index (χ4n) is 0.922. The molecule has 0 aliphatic carbocycles. The van der Waals surface area contributed by atoms with Gasteiger partial charge in [-0.2, -0.15) is 0 Å². The Morgan fingerprint density at radius 1 is 1.42 bits per heavy atom. The number of methoxy groups -OCH3 is 1. The van der Waals surface area contributed by atoms with E-state index in [2.05, 4.69) is 0 Å². The molecule has 0 heterocycles. The van der Waals surface area contributed by atoms with Gasteiger partial charge in [0.05, 0.1) is 0 Å². The first-order valence-electron chi connectivity index (χ1n) is 3.72. The molecule has 1 rings (SSSR count). The number of benzene rings is 1. The molecule has 62 valence electrons. The van der Waals surface area contributed by atoms with E-state index in [1.165, 1.54) is 0 Å². The summed E-state index contributed by atoms with van der Waals surface area (Å²) in [5.41, 5.74) is 1.77. The number of aryl methyl sites for hydroxylation is 1. The zero-order valence-electron chi connectivity index (χ0n) is 7.33. The molecule has 0 atom stereocenters. The maximum Gasteiger partial charge on any atom is 0.188 e. The van der Waals surface area contributed by atoms with Gasteiger partial charge in [-0.3, -0.25) is 0 Å².